The Morgan fingerprint density at radius 2 is 2.11 bits per heavy atom. The van der Waals surface area contributed by atoms with Crippen molar-refractivity contribution in [1.29, 1.82) is 0 Å². The summed E-state index contributed by atoms with van der Waals surface area (Å²) in [6.07, 6.45) is 3.92. The lowest BCUT2D eigenvalue weighted by molar-refractivity contribution is 0.617. The minimum atomic E-state index is -0.304. The molecule has 0 aliphatic heterocycles. The SMILES string of the molecule is CCCN(Cc1cncc(F)c1)c1cccc(N)c1. The van der Waals surface area contributed by atoms with Gasteiger partial charge in [0.1, 0.15) is 5.82 Å². The van der Waals surface area contributed by atoms with Gasteiger partial charge >= 0.3 is 0 Å². The van der Waals surface area contributed by atoms with Gasteiger partial charge in [0.15, 0.2) is 0 Å². The number of nitrogen functional groups attached to an aromatic ring is 1. The van der Waals surface area contributed by atoms with E-state index in [0.29, 0.717) is 6.54 Å². The van der Waals surface area contributed by atoms with Gasteiger partial charge < -0.3 is 10.6 Å². The van der Waals surface area contributed by atoms with E-state index in [1.165, 1.54) is 12.3 Å². The molecule has 0 saturated heterocycles. The Balaban J connectivity index is 2.21. The van der Waals surface area contributed by atoms with E-state index < -0.39 is 0 Å². The van der Waals surface area contributed by atoms with Crippen molar-refractivity contribution < 1.29 is 4.39 Å². The number of pyridine rings is 1. The van der Waals surface area contributed by atoms with Crippen molar-refractivity contribution in [2.45, 2.75) is 19.9 Å². The summed E-state index contributed by atoms with van der Waals surface area (Å²) in [5.74, 6) is -0.304. The lowest BCUT2D eigenvalue weighted by atomic mass is 10.2. The highest BCUT2D eigenvalue weighted by molar-refractivity contribution is 5.56. The molecule has 3 nitrogen and oxygen atoms in total. The second kappa shape index (κ2) is 6.18. The predicted octanol–water partition coefficient (Wildman–Crippen LogP) is 3.22. The van der Waals surface area contributed by atoms with Gasteiger partial charge in [-0.25, -0.2) is 4.39 Å². The van der Waals surface area contributed by atoms with Gasteiger partial charge in [-0.2, -0.15) is 0 Å². The first-order valence-corrected chi connectivity index (χ1v) is 6.39. The third kappa shape index (κ3) is 3.68. The molecular formula is C15H18FN3. The number of anilines is 2. The first-order chi connectivity index (χ1) is 9.19. The van der Waals surface area contributed by atoms with Crippen molar-refractivity contribution in [2.75, 3.05) is 17.2 Å². The van der Waals surface area contributed by atoms with E-state index in [1.54, 1.807) is 6.20 Å². The van der Waals surface area contributed by atoms with E-state index >= 15 is 0 Å². The highest BCUT2D eigenvalue weighted by Crippen LogP contribution is 2.20. The molecule has 0 radical (unpaired) electrons. The van der Waals surface area contributed by atoms with E-state index in [9.17, 15) is 4.39 Å². The molecule has 0 aliphatic carbocycles. The number of hydrogen-bond donors (Lipinski definition) is 1. The molecule has 1 aromatic heterocycles. The van der Waals surface area contributed by atoms with Crippen LogP contribution in [0.4, 0.5) is 15.8 Å². The summed E-state index contributed by atoms with van der Waals surface area (Å²) in [4.78, 5) is 6.06. The second-order valence-corrected chi connectivity index (χ2v) is 4.53. The Morgan fingerprint density at radius 3 is 2.79 bits per heavy atom. The van der Waals surface area contributed by atoms with Crippen molar-refractivity contribution in [2.24, 2.45) is 0 Å². The number of benzene rings is 1. The normalized spacial score (nSPS) is 10.4. The Kier molecular flexibility index (Phi) is 4.34. The van der Waals surface area contributed by atoms with Crippen molar-refractivity contribution >= 4 is 11.4 Å². The van der Waals surface area contributed by atoms with Crippen molar-refractivity contribution in [3.05, 3.63) is 54.1 Å². The van der Waals surface area contributed by atoms with Gasteiger partial charge in [-0.1, -0.05) is 13.0 Å². The largest absolute Gasteiger partial charge is 0.399 e. The topological polar surface area (TPSA) is 42.2 Å². The maximum Gasteiger partial charge on any atom is 0.141 e. The fraction of sp³-hybridized carbons (Fsp3) is 0.267. The molecule has 0 aliphatic rings. The molecule has 2 aromatic rings. The van der Waals surface area contributed by atoms with E-state index in [1.807, 2.05) is 24.3 Å². The standard InChI is InChI=1S/C15H18FN3/c1-2-6-19(15-5-3-4-14(17)8-15)11-12-7-13(16)10-18-9-12/h3-5,7-10H,2,6,11,17H2,1H3. The van der Waals surface area contributed by atoms with Gasteiger partial charge in [0.05, 0.1) is 6.20 Å². The highest BCUT2D eigenvalue weighted by Gasteiger charge is 2.07. The number of halogens is 1. The van der Waals surface area contributed by atoms with Crippen LogP contribution in [0.2, 0.25) is 0 Å². The Hall–Kier alpha value is -2.10. The lowest BCUT2D eigenvalue weighted by Crippen LogP contribution is -2.23. The maximum atomic E-state index is 13.2. The fourth-order valence-corrected chi connectivity index (χ4v) is 2.05. The molecule has 0 spiro atoms. The summed E-state index contributed by atoms with van der Waals surface area (Å²) in [7, 11) is 0. The smallest absolute Gasteiger partial charge is 0.141 e. The van der Waals surface area contributed by atoms with Gasteiger partial charge in [0.25, 0.3) is 0 Å². The van der Waals surface area contributed by atoms with Crippen LogP contribution in [0.1, 0.15) is 18.9 Å². The third-order valence-corrected chi connectivity index (χ3v) is 2.86. The van der Waals surface area contributed by atoms with E-state index in [-0.39, 0.29) is 5.82 Å². The minimum absolute atomic E-state index is 0.304. The average molecular weight is 259 g/mol. The van der Waals surface area contributed by atoms with Crippen molar-refractivity contribution in [3.63, 3.8) is 0 Å². The molecule has 0 atom stereocenters. The zero-order valence-corrected chi connectivity index (χ0v) is 11.0. The molecule has 4 heteroatoms. The second-order valence-electron chi connectivity index (χ2n) is 4.53. The molecule has 0 amide bonds. The number of aromatic nitrogens is 1. The molecule has 2 rings (SSSR count). The molecule has 2 N–H and O–H groups in total. The molecule has 0 fully saturated rings. The highest BCUT2D eigenvalue weighted by atomic mass is 19.1. The number of nitrogens with two attached hydrogens (primary N) is 1. The number of hydrogen-bond acceptors (Lipinski definition) is 3. The monoisotopic (exact) mass is 259 g/mol. The van der Waals surface area contributed by atoms with Gasteiger partial charge in [-0.3, -0.25) is 4.98 Å². The van der Waals surface area contributed by atoms with Crippen LogP contribution in [0.3, 0.4) is 0 Å². The molecule has 100 valence electrons. The van der Waals surface area contributed by atoms with E-state index in [4.69, 9.17) is 5.73 Å². The molecule has 0 saturated carbocycles. The first-order valence-electron chi connectivity index (χ1n) is 6.39. The summed E-state index contributed by atoms with van der Waals surface area (Å²) in [5.41, 5.74) is 8.45. The zero-order valence-electron chi connectivity index (χ0n) is 11.0. The van der Waals surface area contributed by atoms with Gasteiger partial charge in [-0.15, -0.1) is 0 Å². The molecule has 1 heterocycles. The third-order valence-electron chi connectivity index (χ3n) is 2.86. The molecular weight excluding hydrogens is 241 g/mol. The Morgan fingerprint density at radius 1 is 1.26 bits per heavy atom. The average Bonchev–Trinajstić information content (AvgIpc) is 2.38. The summed E-state index contributed by atoms with van der Waals surface area (Å²) in [6, 6.07) is 9.25. The van der Waals surface area contributed by atoms with Crippen LogP contribution in [0.25, 0.3) is 0 Å². The van der Waals surface area contributed by atoms with Crippen molar-refractivity contribution in [3.8, 4) is 0 Å². The quantitative estimate of drug-likeness (QED) is 0.838. The summed E-state index contributed by atoms with van der Waals surface area (Å²) in [5, 5.41) is 0. The van der Waals surface area contributed by atoms with Crippen LogP contribution in [0.15, 0.2) is 42.7 Å². The Labute approximate surface area is 112 Å². The number of nitrogens with zero attached hydrogens (tertiary/aromatic N) is 2. The first kappa shape index (κ1) is 13.3. The molecule has 0 bridgehead atoms. The predicted molar refractivity (Wildman–Crippen MR) is 76.4 cm³/mol. The molecule has 0 unspecified atom stereocenters. The van der Waals surface area contributed by atoms with Crippen LogP contribution in [0, 0.1) is 5.82 Å². The van der Waals surface area contributed by atoms with Gasteiger partial charge in [-0.05, 0) is 36.2 Å². The lowest BCUT2D eigenvalue weighted by Gasteiger charge is -2.24. The van der Waals surface area contributed by atoms with Crippen LogP contribution < -0.4 is 10.6 Å². The summed E-state index contributed by atoms with van der Waals surface area (Å²) >= 11 is 0. The van der Waals surface area contributed by atoms with E-state index in [2.05, 4.69) is 16.8 Å². The van der Waals surface area contributed by atoms with Crippen LogP contribution in [0.5, 0.6) is 0 Å². The van der Waals surface area contributed by atoms with E-state index in [0.717, 1.165) is 29.9 Å². The van der Waals surface area contributed by atoms with Gasteiger partial charge in [0.2, 0.25) is 0 Å². The van der Waals surface area contributed by atoms with Crippen LogP contribution >= 0.6 is 0 Å². The molecule has 19 heavy (non-hydrogen) atoms. The fourth-order valence-electron chi connectivity index (χ4n) is 2.05. The van der Waals surface area contributed by atoms with Crippen LogP contribution in [-0.4, -0.2) is 11.5 Å². The van der Waals surface area contributed by atoms with Gasteiger partial charge in [0, 0.05) is 30.7 Å². The summed E-state index contributed by atoms with van der Waals surface area (Å²) < 4.78 is 13.2. The van der Waals surface area contributed by atoms with Crippen LogP contribution in [-0.2, 0) is 6.54 Å². The van der Waals surface area contributed by atoms with Crippen molar-refractivity contribution in [1.82, 2.24) is 4.98 Å². The minimum Gasteiger partial charge on any atom is -0.399 e. The molecule has 1 aromatic carbocycles. The number of rotatable bonds is 5. The maximum absolute atomic E-state index is 13.2. The summed E-state index contributed by atoms with van der Waals surface area (Å²) in [6.45, 7) is 3.63. The zero-order chi connectivity index (χ0) is 13.7. The Bertz CT molecular complexity index is 542.